The minimum Gasteiger partial charge on any atom is -0.387 e. The normalized spacial score (nSPS) is 20.8. The Morgan fingerprint density at radius 3 is 2.33 bits per heavy atom. The molecule has 1 aliphatic rings. The predicted molar refractivity (Wildman–Crippen MR) is 57.9 cm³/mol. The van der Waals surface area contributed by atoms with Gasteiger partial charge in [-0.2, -0.15) is 5.26 Å². The largest absolute Gasteiger partial charge is 0.387 e. The van der Waals surface area contributed by atoms with Crippen molar-refractivity contribution in [3.8, 4) is 6.07 Å². The average Bonchev–Trinajstić information content (AvgIpc) is 2.79. The monoisotopic (exact) mass is 201 g/mol. The summed E-state index contributed by atoms with van der Waals surface area (Å²) in [6, 6.07) is 11.8. The lowest BCUT2D eigenvalue weighted by molar-refractivity contribution is 0.0671. The van der Waals surface area contributed by atoms with Crippen LogP contribution >= 0.6 is 0 Å². The van der Waals surface area contributed by atoms with Gasteiger partial charge in [0.05, 0.1) is 17.6 Å². The lowest BCUT2D eigenvalue weighted by atomic mass is 9.79. The molecule has 0 saturated heterocycles. The number of nitriles is 1. The van der Waals surface area contributed by atoms with Crippen molar-refractivity contribution in [3.63, 3.8) is 0 Å². The van der Waals surface area contributed by atoms with Crippen LogP contribution in [-0.4, -0.2) is 5.11 Å². The number of aliphatic hydroxyl groups is 1. The Morgan fingerprint density at radius 2 is 1.80 bits per heavy atom. The topological polar surface area (TPSA) is 44.0 Å². The van der Waals surface area contributed by atoms with Gasteiger partial charge in [-0.05, 0) is 18.4 Å². The Balaban J connectivity index is 2.27. The molecule has 1 unspecified atom stereocenters. The van der Waals surface area contributed by atoms with Crippen molar-refractivity contribution in [3.05, 3.63) is 35.9 Å². The van der Waals surface area contributed by atoms with E-state index in [2.05, 4.69) is 6.07 Å². The van der Waals surface area contributed by atoms with E-state index < -0.39 is 11.5 Å². The van der Waals surface area contributed by atoms with Gasteiger partial charge in [0.25, 0.3) is 0 Å². The van der Waals surface area contributed by atoms with Crippen LogP contribution in [-0.2, 0) is 0 Å². The van der Waals surface area contributed by atoms with Gasteiger partial charge in [-0.3, -0.25) is 0 Å². The summed E-state index contributed by atoms with van der Waals surface area (Å²) in [4.78, 5) is 0. The first-order valence-corrected chi connectivity index (χ1v) is 5.43. The predicted octanol–water partition coefficient (Wildman–Crippen LogP) is 2.80. The number of nitrogens with zero attached hydrogens (tertiary/aromatic N) is 1. The summed E-state index contributed by atoms with van der Waals surface area (Å²) in [5, 5.41) is 19.5. The highest BCUT2D eigenvalue weighted by Crippen LogP contribution is 2.46. The molecule has 2 heteroatoms. The van der Waals surface area contributed by atoms with Gasteiger partial charge >= 0.3 is 0 Å². The van der Waals surface area contributed by atoms with Crippen molar-refractivity contribution >= 4 is 0 Å². The van der Waals surface area contributed by atoms with E-state index in [0.29, 0.717) is 0 Å². The average molecular weight is 201 g/mol. The molecule has 0 amide bonds. The second-order valence-corrected chi connectivity index (χ2v) is 4.29. The summed E-state index contributed by atoms with van der Waals surface area (Å²) >= 11 is 0. The van der Waals surface area contributed by atoms with Crippen molar-refractivity contribution in [2.24, 2.45) is 5.41 Å². The zero-order chi connectivity index (χ0) is 10.7. The molecule has 2 nitrogen and oxygen atoms in total. The Kier molecular flexibility index (Phi) is 2.75. The summed E-state index contributed by atoms with van der Waals surface area (Å²) in [7, 11) is 0. The summed E-state index contributed by atoms with van der Waals surface area (Å²) in [6.07, 6.45) is 3.11. The summed E-state index contributed by atoms with van der Waals surface area (Å²) in [5.74, 6) is 0. The molecule has 1 aliphatic carbocycles. The van der Waals surface area contributed by atoms with Crippen LogP contribution in [0.4, 0.5) is 0 Å². The third-order valence-corrected chi connectivity index (χ3v) is 3.36. The number of hydrogen-bond donors (Lipinski definition) is 1. The van der Waals surface area contributed by atoms with E-state index in [0.717, 1.165) is 31.2 Å². The molecule has 1 aromatic rings. The van der Waals surface area contributed by atoms with Crippen molar-refractivity contribution in [2.75, 3.05) is 0 Å². The van der Waals surface area contributed by atoms with Crippen LogP contribution in [0.15, 0.2) is 30.3 Å². The first kappa shape index (κ1) is 10.2. The van der Waals surface area contributed by atoms with Gasteiger partial charge in [-0.15, -0.1) is 0 Å². The van der Waals surface area contributed by atoms with Gasteiger partial charge in [0.1, 0.15) is 0 Å². The molecule has 1 fully saturated rings. The van der Waals surface area contributed by atoms with Gasteiger partial charge in [-0.25, -0.2) is 0 Å². The molecular formula is C13H15NO. The zero-order valence-electron chi connectivity index (χ0n) is 8.69. The van der Waals surface area contributed by atoms with E-state index in [1.165, 1.54) is 0 Å². The van der Waals surface area contributed by atoms with Crippen LogP contribution in [0.5, 0.6) is 0 Å². The Labute approximate surface area is 90.2 Å². The fourth-order valence-corrected chi connectivity index (χ4v) is 2.41. The Morgan fingerprint density at radius 1 is 1.20 bits per heavy atom. The van der Waals surface area contributed by atoms with E-state index in [4.69, 9.17) is 0 Å². The lowest BCUT2D eigenvalue weighted by Gasteiger charge is -2.27. The standard InChI is InChI=1S/C13H15NO/c14-10-13(8-4-5-9-13)12(15)11-6-2-1-3-7-11/h1-3,6-7,12,15H,4-5,8-9H2. The maximum absolute atomic E-state index is 10.2. The van der Waals surface area contributed by atoms with Crippen LogP contribution in [0.1, 0.15) is 37.4 Å². The third-order valence-electron chi connectivity index (χ3n) is 3.36. The van der Waals surface area contributed by atoms with Crippen LogP contribution in [0.2, 0.25) is 0 Å². The first-order valence-electron chi connectivity index (χ1n) is 5.43. The smallest absolute Gasteiger partial charge is 0.0976 e. The molecule has 0 aliphatic heterocycles. The van der Waals surface area contributed by atoms with Crippen molar-refractivity contribution in [1.29, 1.82) is 5.26 Å². The van der Waals surface area contributed by atoms with Gasteiger partial charge in [-0.1, -0.05) is 43.2 Å². The maximum atomic E-state index is 10.2. The molecule has 15 heavy (non-hydrogen) atoms. The molecule has 1 saturated carbocycles. The zero-order valence-corrected chi connectivity index (χ0v) is 8.69. The third kappa shape index (κ3) is 1.75. The summed E-state index contributed by atoms with van der Waals surface area (Å²) in [6.45, 7) is 0. The number of hydrogen-bond acceptors (Lipinski definition) is 2. The van der Waals surface area contributed by atoms with Crippen molar-refractivity contribution in [2.45, 2.75) is 31.8 Å². The van der Waals surface area contributed by atoms with E-state index in [1.807, 2.05) is 30.3 Å². The number of aliphatic hydroxyl groups excluding tert-OH is 1. The lowest BCUT2D eigenvalue weighted by Crippen LogP contribution is -2.23. The van der Waals surface area contributed by atoms with Crippen molar-refractivity contribution < 1.29 is 5.11 Å². The molecule has 0 spiro atoms. The molecule has 78 valence electrons. The van der Waals surface area contributed by atoms with Crippen LogP contribution in [0.3, 0.4) is 0 Å². The Bertz CT molecular complexity index is 360. The highest BCUT2D eigenvalue weighted by molar-refractivity contribution is 5.23. The van der Waals surface area contributed by atoms with Gasteiger partial charge in [0.2, 0.25) is 0 Å². The maximum Gasteiger partial charge on any atom is 0.0976 e. The minimum atomic E-state index is -0.633. The second-order valence-electron chi connectivity index (χ2n) is 4.29. The molecule has 1 N–H and O–H groups in total. The molecule has 0 bridgehead atoms. The quantitative estimate of drug-likeness (QED) is 0.799. The summed E-state index contributed by atoms with van der Waals surface area (Å²) in [5.41, 5.74) is 0.322. The highest BCUT2D eigenvalue weighted by Gasteiger charge is 2.41. The van der Waals surface area contributed by atoms with E-state index in [1.54, 1.807) is 0 Å². The van der Waals surface area contributed by atoms with E-state index in [-0.39, 0.29) is 0 Å². The van der Waals surface area contributed by atoms with Gasteiger partial charge in [0, 0.05) is 0 Å². The van der Waals surface area contributed by atoms with Crippen molar-refractivity contribution in [1.82, 2.24) is 0 Å². The highest BCUT2D eigenvalue weighted by atomic mass is 16.3. The number of rotatable bonds is 2. The van der Waals surface area contributed by atoms with Gasteiger partial charge in [0.15, 0.2) is 0 Å². The molecule has 0 heterocycles. The first-order chi connectivity index (χ1) is 7.28. The molecule has 0 aromatic heterocycles. The van der Waals surface area contributed by atoms with Crippen LogP contribution in [0.25, 0.3) is 0 Å². The molecule has 2 rings (SSSR count). The van der Waals surface area contributed by atoms with Gasteiger partial charge < -0.3 is 5.11 Å². The van der Waals surface area contributed by atoms with Crippen LogP contribution in [0, 0.1) is 16.7 Å². The minimum absolute atomic E-state index is 0.540. The molecular weight excluding hydrogens is 186 g/mol. The fraction of sp³-hybridized carbons (Fsp3) is 0.462. The van der Waals surface area contributed by atoms with E-state index >= 15 is 0 Å². The van der Waals surface area contributed by atoms with Crippen LogP contribution < -0.4 is 0 Å². The Hall–Kier alpha value is -1.33. The van der Waals surface area contributed by atoms with E-state index in [9.17, 15) is 10.4 Å². The fourth-order valence-electron chi connectivity index (χ4n) is 2.41. The summed E-state index contributed by atoms with van der Waals surface area (Å²) < 4.78 is 0. The SMILES string of the molecule is N#CC1(C(O)c2ccccc2)CCCC1. The molecule has 1 atom stereocenters. The number of benzene rings is 1. The molecule has 1 aromatic carbocycles. The second kappa shape index (κ2) is 4.04. The molecule has 0 radical (unpaired) electrons.